The van der Waals surface area contributed by atoms with Crippen molar-refractivity contribution in [3.8, 4) is 5.75 Å². The molecule has 2 atom stereocenters. The lowest BCUT2D eigenvalue weighted by atomic mass is 9.89. The van der Waals surface area contributed by atoms with Crippen LogP contribution < -0.4 is 15.4 Å². The Balaban J connectivity index is 1.55. The molecule has 2 saturated heterocycles. The lowest BCUT2D eigenvalue weighted by molar-refractivity contribution is -0.117. The van der Waals surface area contributed by atoms with Gasteiger partial charge in [0.2, 0.25) is 5.91 Å². The second-order valence-corrected chi connectivity index (χ2v) is 7.35. The summed E-state index contributed by atoms with van der Waals surface area (Å²) in [6, 6.07) is 6.48. The van der Waals surface area contributed by atoms with E-state index in [1.165, 1.54) is 12.8 Å². The van der Waals surface area contributed by atoms with Gasteiger partial charge in [0.1, 0.15) is 12.4 Å². The van der Waals surface area contributed by atoms with Crippen LogP contribution in [-0.2, 0) is 9.53 Å². The minimum absolute atomic E-state index is 0.0308. The minimum Gasteiger partial charge on any atom is -0.489 e. The van der Waals surface area contributed by atoms with Gasteiger partial charge in [0.05, 0.1) is 12.3 Å². The zero-order valence-electron chi connectivity index (χ0n) is 14.7. The molecule has 138 valence electrons. The van der Waals surface area contributed by atoms with Crippen molar-refractivity contribution in [2.45, 2.75) is 51.1 Å². The number of carbonyl (C=O) groups excluding carboxylic acids is 1. The molecule has 0 saturated carbocycles. The third-order valence-electron chi connectivity index (χ3n) is 4.95. The smallest absolute Gasteiger partial charge is 0.224 e. The molecule has 2 aliphatic rings. The fraction of sp³-hybridized carbons (Fsp3) is 0.632. The predicted octanol–water partition coefficient (Wildman–Crippen LogP) is 3.61. The molecule has 25 heavy (non-hydrogen) atoms. The van der Waals surface area contributed by atoms with Crippen molar-refractivity contribution in [3.63, 3.8) is 0 Å². The van der Waals surface area contributed by atoms with Gasteiger partial charge < -0.3 is 20.1 Å². The van der Waals surface area contributed by atoms with Crippen molar-refractivity contribution in [3.05, 3.63) is 23.2 Å². The van der Waals surface area contributed by atoms with E-state index in [2.05, 4.69) is 10.6 Å². The summed E-state index contributed by atoms with van der Waals surface area (Å²) in [6.07, 6.45) is 5.23. The van der Waals surface area contributed by atoms with Gasteiger partial charge in [-0.15, -0.1) is 0 Å². The van der Waals surface area contributed by atoms with Crippen molar-refractivity contribution in [1.82, 2.24) is 5.32 Å². The maximum atomic E-state index is 12.5. The molecule has 0 aromatic heterocycles. The van der Waals surface area contributed by atoms with E-state index in [1.54, 1.807) is 18.2 Å². The van der Waals surface area contributed by atoms with Crippen molar-refractivity contribution in [1.29, 1.82) is 0 Å². The lowest BCUT2D eigenvalue weighted by Crippen LogP contribution is -2.39. The molecule has 2 bridgehead atoms. The average Bonchev–Trinajstić information content (AvgIpc) is 2.92. The van der Waals surface area contributed by atoms with Crippen LogP contribution in [0.4, 0.5) is 5.69 Å². The molecule has 1 aromatic carbocycles. The molecule has 2 N–H and O–H groups in total. The first kappa shape index (κ1) is 18.5. The number of ether oxygens (including phenoxy) is 2. The Hall–Kier alpha value is -1.30. The SMILES string of the molecule is CCOCCOc1ccc(Cl)cc1NC(=O)CC1CC2CCC(C1)N2. The van der Waals surface area contributed by atoms with Gasteiger partial charge in [-0.25, -0.2) is 0 Å². The number of nitrogens with one attached hydrogen (secondary N) is 2. The van der Waals surface area contributed by atoms with Crippen LogP contribution in [0.3, 0.4) is 0 Å². The van der Waals surface area contributed by atoms with Crippen LogP contribution in [0.1, 0.15) is 39.0 Å². The third-order valence-corrected chi connectivity index (χ3v) is 5.18. The molecule has 2 fully saturated rings. The van der Waals surface area contributed by atoms with E-state index in [9.17, 15) is 4.79 Å². The number of benzene rings is 1. The molecule has 2 heterocycles. The van der Waals surface area contributed by atoms with Crippen LogP contribution in [0.5, 0.6) is 5.75 Å². The predicted molar refractivity (Wildman–Crippen MR) is 99.4 cm³/mol. The molecule has 5 nitrogen and oxygen atoms in total. The van der Waals surface area contributed by atoms with E-state index in [-0.39, 0.29) is 5.91 Å². The van der Waals surface area contributed by atoms with E-state index in [1.807, 2.05) is 6.92 Å². The highest BCUT2D eigenvalue weighted by Gasteiger charge is 2.34. The van der Waals surface area contributed by atoms with Crippen molar-refractivity contribution in [2.75, 3.05) is 25.1 Å². The van der Waals surface area contributed by atoms with Crippen LogP contribution in [-0.4, -0.2) is 37.8 Å². The summed E-state index contributed by atoms with van der Waals surface area (Å²) in [4.78, 5) is 12.5. The summed E-state index contributed by atoms with van der Waals surface area (Å²) in [5.74, 6) is 1.12. The Morgan fingerprint density at radius 3 is 2.76 bits per heavy atom. The maximum Gasteiger partial charge on any atom is 0.224 e. The molecule has 3 rings (SSSR count). The Bertz CT molecular complexity index is 584. The van der Waals surface area contributed by atoms with E-state index in [4.69, 9.17) is 21.1 Å². The molecule has 0 spiro atoms. The summed E-state index contributed by atoms with van der Waals surface area (Å²) >= 11 is 6.08. The Morgan fingerprint density at radius 1 is 1.28 bits per heavy atom. The summed E-state index contributed by atoms with van der Waals surface area (Å²) in [5.41, 5.74) is 0.630. The average molecular weight is 367 g/mol. The monoisotopic (exact) mass is 366 g/mol. The minimum atomic E-state index is 0.0308. The molecule has 1 aromatic rings. The van der Waals surface area contributed by atoms with Gasteiger partial charge in [0.15, 0.2) is 0 Å². The number of anilines is 1. The molecular formula is C19H27ClN2O3. The number of fused-ring (bicyclic) bond motifs is 2. The van der Waals surface area contributed by atoms with Crippen LogP contribution in [0.15, 0.2) is 18.2 Å². The van der Waals surface area contributed by atoms with E-state index >= 15 is 0 Å². The Kier molecular flexibility index (Phi) is 6.57. The summed E-state index contributed by atoms with van der Waals surface area (Å²) < 4.78 is 11.0. The maximum absolute atomic E-state index is 12.5. The van der Waals surface area contributed by atoms with Crippen molar-refractivity contribution >= 4 is 23.2 Å². The van der Waals surface area contributed by atoms with Crippen LogP contribution >= 0.6 is 11.6 Å². The van der Waals surface area contributed by atoms with Gasteiger partial charge in [-0.3, -0.25) is 4.79 Å². The van der Waals surface area contributed by atoms with Crippen LogP contribution in [0.2, 0.25) is 5.02 Å². The number of amides is 1. The zero-order valence-corrected chi connectivity index (χ0v) is 15.5. The normalized spacial score (nSPS) is 25.0. The highest BCUT2D eigenvalue weighted by atomic mass is 35.5. The fourth-order valence-corrected chi connectivity index (χ4v) is 4.06. The van der Waals surface area contributed by atoms with Gasteiger partial charge in [0, 0.05) is 30.1 Å². The van der Waals surface area contributed by atoms with E-state index in [0.29, 0.717) is 60.7 Å². The van der Waals surface area contributed by atoms with Gasteiger partial charge >= 0.3 is 0 Å². The number of hydrogen-bond acceptors (Lipinski definition) is 4. The van der Waals surface area contributed by atoms with Gasteiger partial charge in [0.25, 0.3) is 0 Å². The number of halogens is 1. The van der Waals surface area contributed by atoms with E-state index in [0.717, 1.165) is 12.8 Å². The molecular weight excluding hydrogens is 340 g/mol. The highest BCUT2D eigenvalue weighted by molar-refractivity contribution is 6.31. The topological polar surface area (TPSA) is 59.6 Å². The molecule has 0 radical (unpaired) electrons. The summed E-state index contributed by atoms with van der Waals surface area (Å²) in [7, 11) is 0. The standard InChI is InChI=1S/C19H27ClN2O3/c1-2-24-7-8-25-18-6-3-14(20)12-17(18)22-19(23)11-13-9-15-4-5-16(10-13)21-15/h3,6,12-13,15-16,21H,2,4-5,7-11H2,1H3,(H,22,23). The quantitative estimate of drug-likeness (QED) is 0.690. The first-order chi connectivity index (χ1) is 12.1. The molecule has 1 amide bonds. The Labute approximate surface area is 154 Å². The van der Waals surface area contributed by atoms with Gasteiger partial charge in [-0.2, -0.15) is 0 Å². The molecule has 0 aliphatic carbocycles. The largest absolute Gasteiger partial charge is 0.489 e. The zero-order chi connectivity index (χ0) is 17.6. The molecule has 2 unspecified atom stereocenters. The lowest BCUT2D eigenvalue weighted by Gasteiger charge is -2.28. The first-order valence-electron chi connectivity index (χ1n) is 9.20. The number of carbonyl (C=O) groups is 1. The summed E-state index contributed by atoms with van der Waals surface area (Å²) in [5, 5.41) is 7.17. The second-order valence-electron chi connectivity index (χ2n) is 6.91. The van der Waals surface area contributed by atoms with Gasteiger partial charge in [-0.05, 0) is 56.7 Å². The van der Waals surface area contributed by atoms with E-state index < -0.39 is 0 Å². The molecule has 6 heteroatoms. The van der Waals surface area contributed by atoms with Crippen molar-refractivity contribution < 1.29 is 14.3 Å². The number of hydrogen-bond donors (Lipinski definition) is 2. The third kappa shape index (κ3) is 5.33. The van der Waals surface area contributed by atoms with Crippen molar-refractivity contribution in [2.24, 2.45) is 5.92 Å². The van der Waals surface area contributed by atoms with Gasteiger partial charge in [-0.1, -0.05) is 11.6 Å². The highest BCUT2D eigenvalue weighted by Crippen LogP contribution is 2.33. The number of piperidine rings is 1. The Morgan fingerprint density at radius 2 is 2.04 bits per heavy atom. The summed E-state index contributed by atoms with van der Waals surface area (Å²) in [6.45, 7) is 3.56. The first-order valence-corrected chi connectivity index (χ1v) is 9.58. The second kappa shape index (κ2) is 8.88. The fourth-order valence-electron chi connectivity index (χ4n) is 3.89. The van der Waals surface area contributed by atoms with Crippen LogP contribution in [0, 0.1) is 5.92 Å². The molecule has 2 aliphatic heterocycles. The van der Waals surface area contributed by atoms with Crippen LogP contribution in [0.25, 0.3) is 0 Å². The number of rotatable bonds is 8.